The van der Waals surface area contributed by atoms with Crippen molar-refractivity contribution in [2.75, 3.05) is 39.6 Å². The van der Waals surface area contributed by atoms with E-state index in [1.165, 1.54) is 0 Å². The highest BCUT2D eigenvalue weighted by atomic mass is 16.5. The lowest BCUT2D eigenvalue weighted by molar-refractivity contribution is 0.148. The van der Waals surface area contributed by atoms with Crippen LogP contribution >= 0.6 is 0 Å². The highest BCUT2D eigenvalue weighted by Crippen LogP contribution is 1.75. The Morgan fingerprint density at radius 3 is 1.21 bits per heavy atom. The standard InChI is InChI=1S/C5H12O.2C2H6O2/c1-3-5-6-4-2;2*3-1-2-4/h3-5H2,1-2H3;2*3-4H,1-2H2. The van der Waals surface area contributed by atoms with Gasteiger partial charge >= 0.3 is 0 Å². The molecule has 0 heterocycles. The molecule has 0 radical (unpaired) electrons. The third-order valence-electron chi connectivity index (χ3n) is 0.753. The monoisotopic (exact) mass is 212 g/mol. The summed E-state index contributed by atoms with van der Waals surface area (Å²) in [5.74, 6) is 0. The van der Waals surface area contributed by atoms with Crippen molar-refractivity contribution in [1.82, 2.24) is 0 Å². The van der Waals surface area contributed by atoms with Crippen molar-refractivity contribution in [1.29, 1.82) is 0 Å². The molecule has 0 saturated heterocycles. The highest BCUT2D eigenvalue weighted by Gasteiger charge is 1.72. The van der Waals surface area contributed by atoms with Gasteiger partial charge in [0.2, 0.25) is 0 Å². The number of rotatable bonds is 5. The zero-order valence-electron chi connectivity index (χ0n) is 9.15. The van der Waals surface area contributed by atoms with Crippen LogP contribution in [-0.4, -0.2) is 60.1 Å². The van der Waals surface area contributed by atoms with Gasteiger partial charge in [0.1, 0.15) is 0 Å². The van der Waals surface area contributed by atoms with E-state index in [0.29, 0.717) is 0 Å². The van der Waals surface area contributed by atoms with E-state index in [1.54, 1.807) is 0 Å². The van der Waals surface area contributed by atoms with Crippen molar-refractivity contribution in [3.05, 3.63) is 0 Å². The molecule has 0 aliphatic rings. The van der Waals surface area contributed by atoms with Gasteiger partial charge in [-0.05, 0) is 13.3 Å². The molecular formula is C9H24O5. The fourth-order valence-corrected chi connectivity index (χ4v) is 0.289. The number of ether oxygens (including phenoxy) is 1. The SMILES string of the molecule is CCCOCC.OCCO.OCCO. The van der Waals surface area contributed by atoms with Gasteiger partial charge in [-0.25, -0.2) is 0 Å². The van der Waals surface area contributed by atoms with Gasteiger partial charge in [-0.1, -0.05) is 6.92 Å². The molecule has 0 aromatic rings. The Balaban J connectivity index is -0.000000135. The predicted molar refractivity (Wildman–Crippen MR) is 55.1 cm³/mol. The minimum absolute atomic E-state index is 0.125. The molecule has 0 fully saturated rings. The normalized spacial score (nSPS) is 8.14. The molecule has 4 N–H and O–H groups in total. The molecule has 5 heteroatoms. The maximum atomic E-state index is 7.62. The summed E-state index contributed by atoms with van der Waals surface area (Å²) in [5, 5.41) is 30.5. The van der Waals surface area contributed by atoms with Crippen LogP contribution in [0.3, 0.4) is 0 Å². The lowest BCUT2D eigenvalue weighted by atomic mass is 10.5. The molecule has 0 atom stereocenters. The Morgan fingerprint density at radius 1 is 0.786 bits per heavy atom. The van der Waals surface area contributed by atoms with E-state index in [4.69, 9.17) is 25.2 Å². The Morgan fingerprint density at radius 2 is 1.14 bits per heavy atom. The third-order valence-corrected chi connectivity index (χ3v) is 0.753. The van der Waals surface area contributed by atoms with E-state index < -0.39 is 0 Å². The number of aliphatic hydroxyl groups excluding tert-OH is 4. The molecule has 0 unspecified atom stereocenters. The maximum Gasteiger partial charge on any atom is 0.0662 e. The first kappa shape index (κ1) is 19.4. The minimum atomic E-state index is -0.125. The second-order valence-electron chi connectivity index (χ2n) is 2.09. The van der Waals surface area contributed by atoms with Gasteiger partial charge in [-0.15, -0.1) is 0 Å². The quantitative estimate of drug-likeness (QED) is 0.456. The highest BCUT2D eigenvalue weighted by molar-refractivity contribution is 4.19. The average Bonchev–Trinajstić information content (AvgIpc) is 2.27. The molecule has 0 bridgehead atoms. The summed E-state index contributed by atoms with van der Waals surface area (Å²) in [5.41, 5.74) is 0. The van der Waals surface area contributed by atoms with E-state index in [0.717, 1.165) is 19.6 Å². The van der Waals surface area contributed by atoms with E-state index in [1.807, 2.05) is 6.92 Å². The summed E-state index contributed by atoms with van der Waals surface area (Å²) in [6, 6.07) is 0. The molecule has 0 aromatic heterocycles. The van der Waals surface area contributed by atoms with Crippen LogP contribution in [-0.2, 0) is 4.74 Å². The van der Waals surface area contributed by atoms with E-state index >= 15 is 0 Å². The molecule has 0 aliphatic heterocycles. The van der Waals surface area contributed by atoms with Crippen LogP contribution in [0.25, 0.3) is 0 Å². The Bertz CT molecular complexity index is 49.2. The van der Waals surface area contributed by atoms with Crippen molar-refractivity contribution in [2.24, 2.45) is 0 Å². The minimum Gasteiger partial charge on any atom is -0.394 e. The lowest BCUT2D eigenvalue weighted by Crippen LogP contribution is -1.88. The second-order valence-corrected chi connectivity index (χ2v) is 2.09. The molecule has 5 nitrogen and oxygen atoms in total. The number of aliphatic hydroxyl groups is 4. The van der Waals surface area contributed by atoms with E-state index in [2.05, 4.69) is 6.92 Å². The fraction of sp³-hybridized carbons (Fsp3) is 1.00. The van der Waals surface area contributed by atoms with Crippen LogP contribution in [0.2, 0.25) is 0 Å². The van der Waals surface area contributed by atoms with Crippen molar-refractivity contribution in [3.63, 3.8) is 0 Å². The molecule has 0 aliphatic carbocycles. The van der Waals surface area contributed by atoms with Crippen LogP contribution in [0.4, 0.5) is 0 Å². The topological polar surface area (TPSA) is 90.2 Å². The molecule has 0 aromatic carbocycles. The summed E-state index contributed by atoms with van der Waals surface area (Å²) in [6.45, 7) is 5.38. The van der Waals surface area contributed by atoms with Gasteiger partial charge in [0.25, 0.3) is 0 Å². The number of hydrogen-bond donors (Lipinski definition) is 4. The van der Waals surface area contributed by atoms with Crippen LogP contribution in [0, 0.1) is 0 Å². The Labute approximate surface area is 86.0 Å². The van der Waals surface area contributed by atoms with Gasteiger partial charge < -0.3 is 25.2 Å². The summed E-state index contributed by atoms with van der Waals surface area (Å²) in [6.07, 6.45) is 1.13. The van der Waals surface area contributed by atoms with Crippen molar-refractivity contribution in [3.8, 4) is 0 Å². The van der Waals surface area contributed by atoms with Gasteiger partial charge in [-0.3, -0.25) is 0 Å². The van der Waals surface area contributed by atoms with Gasteiger partial charge in [0, 0.05) is 13.2 Å². The predicted octanol–water partition coefficient (Wildman–Crippen LogP) is -0.625. The third kappa shape index (κ3) is 59.7. The van der Waals surface area contributed by atoms with Crippen LogP contribution in [0.5, 0.6) is 0 Å². The zero-order chi connectivity index (χ0) is 11.7. The summed E-state index contributed by atoms with van der Waals surface area (Å²) >= 11 is 0. The molecule has 0 spiro atoms. The van der Waals surface area contributed by atoms with Crippen LogP contribution in [0.1, 0.15) is 20.3 Å². The van der Waals surface area contributed by atoms with Crippen LogP contribution in [0.15, 0.2) is 0 Å². The van der Waals surface area contributed by atoms with Gasteiger partial charge in [0.15, 0.2) is 0 Å². The van der Waals surface area contributed by atoms with Crippen molar-refractivity contribution >= 4 is 0 Å². The maximum absolute atomic E-state index is 7.62. The average molecular weight is 212 g/mol. The van der Waals surface area contributed by atoms with Crippen molar-refractivity contribution in [2.45, 2.75) is 20.3 Å². The fourth-order valence-electron chi connectivity index (χ4n) is 0.289. The molecule has 90 valence electrons. The molecular weight excluding hydrogens is 188 g/mol. The summed E-state index contributed by atoms with van der Waals surface area (Å²) < 4.78 is 4.98. The Kier molecular flexibility index (Phi) is 40.6. The van der Waals surface area contributed by atoms with Crippen LogP contribution < -0.4 is 0 Å². The lowest BCUT2D eigenvalue weighted by Gasteiger charge is -1.91. The van der Waals surface area contributed by atoms with E-state index in [9.17, 15) is 0 Å². The first-order valence-electron chi connectivity index (χ1n) is 4.76. The van der Waals surface area contributed by atoms with Crippen molar-refractivity contribution < 1.29 is 25.2 Å². The molecule has 0 rings (SSSR count). The molecule has 14 heavy (non-hydrogen) atoms. The summed E-state index contributed by atoms with van der Waals surface area (Å²) in [4.78, 5) is 0. The zero-order valence-corrected chi connectivity index (χ0v) is 9.15. The van der Waals surface area contributed by atoms with E-state index in [-0.39, 0.29) is 26.4 Å². The number of hydrogen-bond acceptors (Lipinski definition) is 5. The second kappa shape index (κ2) is 29.3. The first-order valence-corrected chi connectivity index (χ1v) is 4.76. The molecule has 0 amide bonds. The smallest absolute Gasteiger partial charge is 0.0662 e. The Hall–Kier alpha value is -0.200. The summed E-state index contributed by atoms with van der Waals surface area (Å²) in [7, 11) is 0. The largest absolute Gasteiger partial charge is 0.394 e. The molecule has 0 saturated carbocycles. The van der Waals surface area contributed by atoms with Gasteiger partial charge in [-0.2, -0.15) is 0 Å². The first-order chi connectivity index (χ1) is 6.74. The van der Waals surface area contributed by atoms with Gasteiger partial charge in [0.05, 0.1) is 26.4 Å².